The van der Waals surface area contributed by atoms with Gasteiger partial charge in [0.05, 0.1) is 15.7 Å². The van der Waals surface area contributed by atoms with Gasteiger partial charge in [-0.15, -0.1) is 0 Å². The zero-order valence-electron chi connectivity index (χ0n) is 12.8. The molecule has 0 saturated carbocycles. The molecule has 0 spiro atoms. The molecule has 2 aromatic rings. The lowest BCUT2D eigenvalue weighted by Gasteiger charge is -2.29. The molecule has 0 radical (unpaired) electrons. The molecule has 0 aromatic heterocycles. The van der Waals surface area contributed by atoms with Gasteiger partial charge in [0.25, 0.3) is 0 Å². The minimum atomic E-state index is -5.25. The van der Waals surface area contributed by atoms with Gasteiger partial charge in [0.2, 0.25) is 0 Å². The summed E-state index contributed by atoms with van der Waals surface area (Å²) in [4.78, 5) is 11.9. The number of fused-ring (bicyclic) bond motifs is 1. The highest BCUT2D eigenvalue weighted by Crippen LogP contribution is 2.47. The number of carbonyl (C=O) groups is 1. The first kappa shape index (κ1) is 19.3. The second-order valence-corrected chi connectivity index (χ2v) is 6.05. The highest BCUT2D eigenvalue weighted by molar-refractivity contribution is 6.42. The molecular formula is C15H7Cl2F5N2O3. The number of nitrogens with one attached hydrogen (secondary N) is 2. The number of halogens is 7. The Balaban J connectivity index is 1.86. The number of hydrogen-bond acceptors (Lipinski definition) is 3. The van der Waals surface area contributed by atoms with E-state index in [2.05, 4.69) is 0 Å². The van der Waals surface area contributed by atoms with Crippen LogP contribution in [0.1, 0.15) is 0 Å². The van der Waals surface area contributed by atoms with E-state index in [1.165, 1.54) is 5.32 Å². The van der Waals surface area contributed by atoms with Gasteiger partial charge in [-0.05, 0) is 12.1 Å². The van der Waals surface area contributed by atoms with Crippen LogP contribution < -0.4 is 20.1 Å². The Hall–Kier alpha value is -2.46. The van der Waals surface area contributed by atoms with Crippen molar-refractivity contribution >= 4 is 34.9 Å². The van der Waals surface area contributed by atoms with Crippen LogP contribution in [0.4, 0.5) is 32.4 Å². The molecule has 0 fully saturated rings. The minimum absolute atomic E-state index is 0.102. The quantitative estimate of drug-likeness (QED) is 0.655. The third kappa shape index (κ3) is 3.67. The zero-order chi connectivity index (χ0) is 20.0. The Labute approximate surface area is 158 Å². The van der Waals surface area contributed by atoms with Gasteiger partial charge in [-0.1, -0.05) is 23.2 Å². The minimum Gasteiger partial charge on any atom is -0.424 e. The van der Waals surface area contributed by atoms with Crippen LogP contribution in [-0.2, 0) is 0 Å². The van der Waals surface area contributed by atoms with Crippen LogP contribution in [0.5, 0.6) is 11.5 Å². The molecule has 1 aliphatic rings. The smallest absolute Gasteiger partial charge is 0.424 e. The molecule has 27 heavy (non-hydrogen) atoms. The fraction of sp³-hybridized carbons (Fsp3) is 0.133. The number of hydrogen-bond donors (Lipinski definition) is 2. The summed E-state index contributed by atoms with van der Waals surface area (Å²) in [5.74, 6) is -6.58. The van der Waals surface area contributed by atoms with Gasteiger partial charge in [0, 0.05) is 18.2 Å². The third-order valence-electron chi connectivity index (χ3n) is 3.32. The highest BCUT2D eigenvalue weighted by Gasteiger charge is 2.66. The lowest BCUT2D eigenvalue weighted by Crippen LogP contribution is -2.65. The van der Waals surface area contributed by atoms with Crippen molar-refractivity contribution in [2.45, 2.75) is 12.1 Å². The lowest BCUT2D eigenvalue weighted by molar-refractivity contribution is -0.317. The van der Waals surface area contributed by atoms with Crippen LogP contribution in [0.3, 0.4) is 0 Å². The maximum absolute atomic E-state index is 13.6. The van der Waals surface area contributed by atoms with Gasteiger partial charge in [0.1, 0.15) is 11.6 Å². The maximum atomic E-state index is 13.6. The Morgan fingerprint density at radius 3 is 2.04 bits per heavy atom. The van der Waals surface area contributed by atoms with E-state index in [9.17, 15) is 26.7 Å². The summed E-state index contributed by atoms with van der Waals surface area (Å²) >= 11 is 11.4. The fourth-order valence-corrected chi connectivity index (χ4v) is 2.44. The van der Waals surface area contributed by atoms with Crippen molar-refractivity contribution in [2.24, 2.45) is 0 Å². The number of rotatable bonds is 2. The normalized spacial score (nSPS) is 14.8. The number of anilines is 1. The Bertz CT molecular complexity index is 892. The molecule has 2 aromatic carbocycles. The largest absolute Gasteiger partial charge is 0.492 e. The SMILES string of the molecule is O=C(Nc1ccc(F)cc1F)NC1(C(F)(F)F)Oc2cc(Cl)c(Cl)cc2O1. The van der Waals surface area contributed by atoms with Crippen molar-refractivity contribution in [3.05, 3.63) is 52.0 Å². The van der Waals surface area contributed by atoms with Gasteiger partial charge >= 0.3 is 18.1 Å². The third-order valence-corrected chi connectivity index (χ3v) is 4.05. The van der Waals surface area contributed by atoms with Gasteiger partial charge in [-0.3, -0.25) is 5.32 Å². The molecule has 12 heteroatoms. The molecule has 144 valence electrons. The first-order valence-corrected chi connectivity index (χ1v) is 7.74. The number of ether oxygens (including phenoxy) is 2. The van der Waals surface area contributed by atoms with Crippen molar-refractivity contribution < 1.29 is 36.2 Å². The van der Waals surface area contributed by atoms with E-state index in [0.29, 0.717) is 6.07 Å². The molecular weight excluding hydrogens is 422 g/mol. The lowest BCUT2D eigenvalue weighted by atomic mass is 10.3. The van der Waals surface area contributed by atoms with Crippen LogP contribution >= 0.6 is 23.2 Å². The van der Waals surface area contributed by atoms with E-state index >= 15 is 0 Å². The van der Waals surface area contributed by atoms with Crippen molar-refractivity contribution in [2.75, 3.05) is 5.32 Å². The molecule has 0 unspecified atom stereocenters. The van der Waals surface area contributed by atoms with E-state index in [0.717, 1.165) is 24.3 Å². The molecule has 0 aliphatic carbocycles. The van der Waals surface area contributed by atoms with Gasteiger partial charge < -0.3 is 14.8 Å². The van der Waals surface area contributed by atoms with Crippen LogP contribution in [0.25, 0.3) is 0 Å². The van der Waals surface area contributed by atoms with Crippen LogP contribution in [0.15, 0.2) is 30.3 Å². The van der Waals surface area contributed by atoms with Gasteiger partial charge in [-0.2, -0.15) is 13.2 Å². The summed E-state index contributed by atoms with van der Waals surface area (Å²) in [5.41, 5.74) is -0.562. The van der Waals surface area contributed by atoms with E-state index in [1.54, 1.807) is 5.32 Å². The molecule has 5 nitrogen and oxygen atoms in total. The van der Waals surface area contributed by atoms with Gasteiger partial charge in [-0.25, -0.2) is 13.6 Å². The van der Waals surface area contributed by atoms with E-state index < -0.39 is 46.9 Å². The molecule has 2 amide bonds. The second kappa shape index (κ2) is 6.61. The summed E-state index contributed by atoms with van der Waals surface area (Å²) in [7, 11) is 0. The van der Waals surface area contributed by atoms with Crippen LogP contribution in [0, 0.1) is 11.6 Å². The Morgan fingerprint density at radius 1 is 1.00 bits per heavy atom. The molecule has 1 aliphatic heterocycles. The standard InChI is InChI=1S/C15H7Cl2F5N2O3/c16-7-4-11-12(5-8(7)17)27-15(26-11,14(20,21)22)24-13(25)23-10-2-1-6(18)3-9(10)19/h1-5H,(H2,23,24,25). The second-order valence-electron chi connectivity index (χ2n) is 5.23. The average Bonchev–Trinajstić information content (AvgIpc) is 2.88. The number of benzene rings is 2. The molecule has 3 rings (SSSR count). The Kier molecular flexibility index (Phi) is 4.73. The zero-order valence-corrected chi connectivity index (χ0v) is 14.3. The maximum Gasteiger partial charge on any atom is 0.492 e. The number of alkyl halides is 3. The van der Waals surface area contributed by atoms with Crippen molar-refractivity contribution in [1.82, 2.24) is 5.32 Å². The monoisotopic (exact) mass is 428 g/mol. The summed E-state index contributed by atoms with van der Waals surface area (Å²) < 4.78 is 76.5. The average molecular weight is 429 g/mol. The number of carbonyl (C=O) groups excluding carboxylic acids is 1. The first-order chi connectivity index (χ1) is 12.5. The summed E-state index contributed by atoms with van der Waals surface area (Å²) in [6.07, 6.45) is -5.25. The molecule has 0 saturated heterocycles. The van der Waals surface area contributed by atoms with Gasteiger partial charge in [0.15, 0.2) is 11.5 Å². The molecule has 0 atom stereocenters. The topological polar surface area (TPSA) is 59.6 Å². The van der Waals surface area contributed by atoms with Crippen molar-refractivity contribution in [1.29, 1.82) is 0 Å². The predicted molar refractivity (Wildman–Crippen MR) is 85.0 cm³/mol. The Morgan fingerprint density at radius 2 is 1.56 bits per heavy atom. The van der Waals surface area contributed by atoms with E-state index in [1.807, 2.05) is 0 Å². The summed E-state index contributed by atoms with van der Waals surface area (Å²) in [6, 6.07) is 2.51. The predicted octanol–water partition coefficient (Wildman–Crippen LogP) is 5.08. The summed E-state index contributed by atoms with van der Waals surface area (Å²) in [5, 5.41) is 3.05. The van der Waals surface area contributed by atoms with Crippen molar-refractivity contribution in [3.8, 4) is 11.5 Å². The van der Waals surface area contributed by atoms with E-state index in [4.69, 9.17) is 32.7 Å². The molecule has 0 bridgehead atoms. The van der Waals surface area contributed by atoms with Crippen molar-refractivity contribution in [3.63, 3.8) is 0 Å². The highest BCUT2D eigenvalue weighted by atomic mass is 35.5. The van der Waals surface area contributed by atoms with E-state index in [-0.39, 0.29) is 10.0 Å². The first-order valence-electron chi connectivity index (χ1n) is 6.99. The number of amides is 2. The van der Waals surface area contributed by atoms with Crippen LogP contribution in [0.2, 0.25) is 10.0 Å². The molecule has 1 heterocycles. The molecule has 2 N–H and O–H groups in total. The fourth-order valence-electron chi connectivity index (χ4n) is 2.13. The summed E-state index contributed by atoms with van der Waals surface area (Å²) in [6.45, 7) is 0. The number of urea groups is 1. The van der Waals surface area contributed by atoms with Crippen LogP contribution in [-0.4, -0.2) is 18.1 Å².